The van der Waals surface area contributed by atoms with Crippen LogP contribution >= 0.6 is 39.9 Å². The molecule has 0 aromatic carbocycles. The first-order valence-electron chi connectivity index (χ1n) is 8.43. The number of aryl methyl sites for hydroxylation is 1. The molecule has 0 aliphatic carbocycles. The molecule has 1 saturated heterocycles. The second-order valence-corrected chi connectivity index (χ2v) is 7.20. The maximum atomic E-state index is 5.78. The van der Waals surface area contributed by atoms with E-state index >= 15 is 0 Å². The fourth-order valence-corrected chi connectivity index (χ4v) is 3.47. The van der Waals surface area contributed by atoms with Gasteiger partial charge in [0.25, 0.3) is 0 Å². The average molecular weight is 529 g/mol. The molecule has 0 amide bonds. The number of aliphatic imine (C=N–C) groups is 1. The predicted octanol–water partition coefficient (Wildman–Crippen LogP) is 3.00. The number of hydrogen-bond donors (Lipinski definition) is 1. The van der Waals surface area contributed by atoms with E-state index in [0.29, 0.717) is 6.54 Å². The van der Waals surface area contributed by atoms with Crippen LogP contribution in [-0.4, -0.2) is 61.5 Å². The molecule has 1 fully saturated rings. The molecule has 1 aromatic heterocycles. The van der Waals surface area contributed by atoms with E-state index in [1.54, 1.807) is 7.11 Å². The number of aromatic nitrogens is 1. The fourth-order valence-electron chi connectivity index (χ4n) is 2.90. The molecule has 0 unspecified atom stereocenters. The van der Waals surface area contributed by atoms with Crippen molar-refractivity contribution in [1.29, 1.82) is 0 Å². The van der Waals surface area contributed by atoms with Gasteiger partial charge in [0.1, 0.15) is 0 Å². The summed E-state index contributed by atoms with van der Waals surface area (Å²) in [6.45, 7) is 5.85. The molecule has 2 rings (SSSR count). The molecule has 1 aromatic rings. The van der Waals surface area contributed by atoms with Crippen molar-refractivity contribution in [3.63, 3.8) is 0 Å². The topological polar surface area (TPSA) is 51.0 Å². The molecule has 0 radical (unpaired) electrons. The van der Waals surface area contributed by atoms with Gasteiger partial charge in [-0.1, -0.05) is 0 Å². The van der Waals surface area contributed by atoms with Crippen LogP contribution in [-0.2, 0) is 23.1 Å². The Bertz CT molecular complexity index is 559. The zero-order chi connectivity index (χ0) is 17.6. The van der Waals surface area contributed by atoms with Crippen LogP contribution in [0.3, 0.4) is 0 Å². The normalized spacial score (nSPS) is 17.1. The largest absolute Gasteiger partial charge is 0.381 e. The highest BCUT2D eigenvalue weighted by Crippen LogP contribution is 2.25. The molecule has 0 spiro atoms. The van der Waals surface area contributed by atoms with Gasteiger partial charge in [0.2, 0.25) is 0 Å². The number of nitrogens with zero attached hydrogens (tertiary/aromatic N) is 3. The number of hydrogen-bond acceptors (Lipinski definition) is 3. The van der Waals surface area contributed by atoms with E-state index in [2.05, 4.69) is 64.0 Å². The quantitative estimate of drug-likeness (QED) is 0.350. The van der Waals surface area contributed by atoms with E-state index in [1.807, 2.05) is 0 Å². The summed E-state index contributed by atoms with van der Waals surface area (Å²) in [7, 11) is 5.89. The summed E-state index contributed by atoms with van der Waals surface area (Å²) in [5.41, 5.74) is 1.02. The standard InChI is InChI=1S/C17H29BrN4O2.HI/c1-5-19-16(20-13-17(23-4)6-8-24-9-7-17)22(3)12-15-10-14(18)11-21(15)2;/h10-11H,5-9,12-13H2,1-4H3,(H,19,20);1H. The lowest BCUT2D eigenvalue weighted by atomic mass is 9.94. The minimum atomic E-state index is -0.201. The molecular formula is C17H30BrIN4O2. The van der Waals surface area contributed by atoms with Crippen LogP contribution in [0.15, 0.2) is 21.7 Å². The second kappa shape index (κ2) is 10.7. The number of nitrogens with one attached hydrogen (secondary N) is 1. The van der Waals surface area contributed by atoms with Crippen LogP contribution in [0.1, 0.15) is 25.5 Å². The minimum Gasteiger partial charge on any atom is -0.381 e. The van der Waals surface area contributed by atoms with Crippen molar-refractivity contribution in [3.8, 4) is 0 Å². The summed E-state index contributed by atoms with van der Waals surface area (Å²) in [6, 6.07) is 2.13. The second-order valence-electron chi connectivity index (χ2n) is 6.29. The lowest BCUT2D eigenvalue weighted by Gasteiger charge is -2.35. The summed E-state index contributed by atoms with van der Waals surface area (Å²) in [6.07, 6.45) is 3.84. The van der Waals surface area contributed by atoms with Crippen LogP contribution < -0.4 is 5.32 Å². The van der Waals surface area contributed by atoms with Crippen LogP contribution in [0.2, 0.25) is 0 Å². The molecular weight excluding hydrogens is 499 g/mol. The maximum absolute atomic E-state index is 5.78. The first-order valence-corrected chi connectivity index (χ1v) is 9.22. The van der Waals surface area contributed by atoms with E-state index < -0.39 is 0 Å². The van der Waals surface area contributed by atoms with Crippen LogP contribution in [0.4, 0.5) is 0 Å². The molecule has 2 heterocycles. The maximum Gasteiger partial charge on any atom is 0.194 e. The van der Waals surface area contributed by atoms with E-state index in [1.165, 1.54) is 5.69 Å². The highest BCUT2D eigenvalue weighted by molar-refractivity contribution is 14.0. The molecule has 1 aliphatic rings. The molecule has 0 bridgehead atoms. The van der Waals surface area contributed by atoms with E-state index in [9.17, 15) is 0 Å². The number of guanidine groups is 1. The number of rotatable bonds is 6. The summed E-state index contributed by atoms with van der Waals surface area (Å²) in [5.74, 6) is 0.901. The molecule has 1 aliphatic heterocycles. The van der Waals surface area contributed by atoms with E-state index in [-0.39, 0.29) is 29.6 Å². The van der Waals surface area contributed by atoms with E-state index in [0.717, 1.165) is 49.6 Å². The Balaban J connectivity index is 0.00000312. The molecule has 25 heavy (non-hydrogen) atoms. The highest BCUT2D eigenvalue weighted by atomic mass is 127. The lowest BCUT2D eigenvalue weighted by Crippen LogP contribution is -2.44. The van der Waals surface area contributed by atoms with Gasteiger partial charge in [-0.05, 0) is 28.9 Å². The fraction of sp³-hybridized carbons (Fsp3) is 0.706. The molecule has 144 valence electrons. The highest BCUT2D eigenvalue weighted by Gasteiger charge is 2.32. The molecule has 0 saturated carbocycles. The van der Waals surface area contributed by atoms with Crippen molar-refractivity contribution < 1.29 is 9.47 Å². The number of halogens is 2. The van der Waals surface area contributed by atoms with Gasteiger partial charge < -0.3 is 24.3 Å². The Kier molecular flexibility index (Phi) is 9.76. The van der Waals surface area contributed by atoms with Gasteiger partial charge in [-0.15, -0.1) is 24.0 Å². The molecule has 0 atom stereocenters. The molecule has 6 nitrogen and oxygen atoms in total. The Hall–Kier alpha value is -0.320. The van der Waals surface area contributed by atoms with Gasteiger partial charge in [-0.2, -0.15) is 0 Å². The van der Waals surface area contributed by atoms with Gasteiger partial charge in [0, 0.05) is 70.2 Å². The number of methoxy groups -OCH3 is 1. The SMILES string of the molecule is CCNC(=NCC1(OC)CCOCC1)N(C)Cc1cc(Br)cn1C.I. The molecule has 8 heteroatoms. The number of ether oxygens (including phenoxy) is 2. The third-order valence-electron chi connectivity index (χ3n) is 4.52. The van der Waals surface area contributed by atoms with Crippen LogP contribution in [0.25, 0.3) is 0 Å². The summed E-state index contributed by atoms with van der Waals surface area (Å²) >= 11 is 3.53. The van der Waals surface area contributed by atoms with Crippen molar-refractivity contribution in [1.82, 2.24) is 14.8 Å². The minimum absolute atomic E-state index is 0. The van der Waals surface area contributed by atoms with Gasteiger partial charge in [-0.25, -0.2) is 0 Å². The van der Waals surface area contributed by atoms with Gasteiger partial charge in [-0.3, -0.25) is 4.99 Å². The zero-order valence-corrected chi connectivity index (χ0v) is 19.5. The first kappa shape index (κ1) is 22.7. The first-order chi connectivity index (χ1) is 11.5. The Morgan fingerprint density at radius 2 is 2.16 bits per heavy atom. The van der Waals surface area contributed by atoms with Crippen molar-refractivity contribution in [2.45, 2.75) is 31.9 Å². The third kappa shape index (κ3) is 6.41. The van der Waals surface area contributed by atoms with E-state index in [4.69, 9.17) is 14.5 Å². The summed E-state index contributed by atoms with van der Waals surface area (Å²) in [5, 5.41) is 3.38. The smallest absolute Gasteiger partial charge is 0.194 e. The van der Waals surface area contributed by atoms with Gasteiger partial charge in [0.05, 0.1) is 18.7 Å². The third-order valence-corrected chi connectivity index (χ3v) is 4.96. The monoisotopic (exact) mass is 528 g/mol. The summed E-state index contributed by atoms with van der Waals surface area (Å²) in [4.78, 5) is 6.99. The van der Waals surface area contributed by atoms with Crippen molar-refractivity contribution >= 4 is 45.9 Å². The van der Waals surface area contributed by atoms with Crippen LogP contribution in [0, 0.1) is 0 Å². The lowest BCUT2D eigenvalue weighted by molar-refractivity contribution is -0.0829. The predicted molar refractivity (Wildman–Crippen MR) is 116 cm³/mol. The van der Waals surface area contributed by atoms with Gasteiger partial charge in [0.15, 0.2) is 5.96 Å². The Labute approximate surface area is 176 Å². The zero-order valence-electron chi connectivity index (χ0n) is 15.5. The molecule has 1 N–H and O–H groups in total. The van der Waals surface area contributed by atoms with Crippen molar-refractivity contribution in [3.05, 3.63) is 22.4 Å². The van der Waals surface area contributed by atoms with Crippen LogP contribution in [0.5, 0.6) is 0 Å². The summed E-state index contributed by atoms with van der Waals surface area (Å²) < 4.78 is 14.5. The van der Waals surface area contributed by atoms with Gasteiger partial charge >= 0.3 is 0 Å². The average Bonchev–Trinajstić information content (AvgIpc) is 2.89. The Morgan fingerprint density at radius 1 is 1.48 bits per heavy atom. The van der Waals surface area contributed by atoms with Crippen molar-refractivity contribution in [2.24, 2.45) is 12.0 Å². The Morgan fingerprint density at radius 3 is 2.68 bits per heavy atom. The van der Waals surface area contributed by atoms with Crippen molar-refractivity contribution in [2.75, 3.05) is 40.5 Å².